The molecular weight excluding hydrogens is 322 g/mol. The third kappa shape index (κ3) is 4.14. The summed E-state index contributed by atoms with van der Waals surface area (Å²) in [7, 11) is 0. The molecule has 0 bridgehead atoms. The van der Waals surface area contributed by atoms with Crippen LogP contribution in [0.2, 0.25) is 0 Å². The normalized spacial score (nSPS) is 21.8. The zero-order valence-electron chi connectivity index (χ0n) is 11.6. The predicted octanol–water partition coefficient (Wildman–Crippen LogP) is 4.39. The van der Waals surface area contributed by atoms with Crippen LogP contribution in [0.5, 0.6) is 5.75 Å². The van der Waals surface area contributed by atoms with Crippen molar-refractivity contribution in [1.29, 1.82) is 0 Å². The lowest BCUT2D eigenvalue weighted by molar-refractivity contribution is 0.141. The maximum Gasteiger partial charge on any atom is 0.124 e. The first kappa shape index (κ1) is 15.2. The van der Waals surface area contributed by atoms with Gasteiger partial charge in [0.1, 0.15) is 11.9 Å². The number of nitrogens with one attached hydrogen (secondary N) is 1. The van der Waals surface area contributed by atoms with E-state index in [1.165, 1.54) is 17.7 Å². The molecule has 1 aliphatic heterocycles. The van der Waals surface area contributed by atoms with Crippen LogP contribution in [0.4, 0.5) is 0 Å². The number of ether oxygens (including phenoxy) is 1. The topological polar surface area (TPSA) is 21.3 Å². The fourth-order valence-electron chi connectivity index (χ4n) is 2.59. The average molecular weight is 344 g/mol. The van der Waals surface area contributed by atoms with E-state index in [2.05, 4.69) is 52.6 Å². The van der Waals surface area contributed by atoms with Crippen LogP contribution in [0.1, 0.15) is 37.8 Å². The van der Waals surface area contributed by atoms with Crippen LogP contribution in [0.15, 0.2) is 22.7 Å². The number of hydrogen-bond acceptors (Lipinski definition) is 3. The summed E-state index contributed by atoms with van der Waals surface area (Å²) in [4.78, 5) is 0. The van der Waals surface area contributed by atoms with Crippen LogP contribution in [-0.4, -0.2) is 24.7 Å². The van der Waals surface area contributed by atoms with Crippen LogP contribution >= 0.6 is 27.7 Å². The first-order valence-corrected chi connectivity index (χ1v) is 9.11. The van der Waals surface area contributed by atoms with E-state index in [0.29, 0.717) is 12.1 Å². The second-order valence-electron chi connectivity index (χ2n) is 4.90. The highest BCUT2D eigenvalue weighted by atomic mass is 79.9. The van der Waals surface area contributed by atoms with Gasteiger partial charge in [-0.1, -0.05) is 22.9 Å². The molecule has 1 aliphatic rings. The van der Waals surface area contributed by atoms with Crippen molar-refractivity contribution in [3.05, 3.63) is 28.2 Å². The molecule has 106 valence electrons. The molecule has 0 saturated heterocycles. The zero-order chi connectivity index (χ0) is 13.7. The molecule has 0 aliphatic carbocycles. The van der Waals surface area contributed by atoms with Gasteiger partial charge in [-0.05, 0) is 49.6 Å². The van der Waals surface area contributed by atoms with Crippen molar-refractivity contribution in [2.75, 3.05) is 18.6 Å². The van der Waals surface area contributed by atoms with Gasteiger partial charge in [-0.3, -0.25) is 0 Å². The van der Waals surface area contributed by atoms with Gasteiger partial charge >= 0.3 is 0 Å². The fraction of sp³-hybridized carbons (Fsp3) is 0.600. The predicted molar refractivity (Wildman–Crippen MR) is 87.2 cm³/mol. The van der Waals surface area contributed by atoms with Gasteiger partial charge in [0, 0.05) is 22.5 Å². The van der Waals surface area contributed by atoms with Crippen molar-refractivity contribution >= 4 is 27.7 Å². The molecule has 1 aromatic carbocycles. The van der Waals surface area contributed by atoms with Crippen LogP contribution in [-0.2, 0) is 0 Å². The number of benzene rings is 1. The molecule has 1 N–H and O–H groups in total. The van der Waals surface area contributed by atoms with Crippen molar-refractivity contribution < 1.29 is 4.74 Å². The standard InChI is InChI=1S/C15H22BrNOS/c1-3-17-14-10-12(5-4-8-19-2)18-15-7-6-11(16)9-13(14)15/h6-7,9,12,14,17H,3-5,8,10H2,1-2H3. The third-order valence-electron chi connectivity index (χ3n) is 3.46. The number of halogens is 1. The highest BCUT2D eigenvalue weighted by Crippen LogP contribution is 2.37. The lowest BCUT2D eigenvalue weighted by Gasteiger charge is -2.33. The Morgan fingerprint density at radius 1 is 1.47 bits per heavy atom. The van der Waals surface area contributed by atoms with Gasteiger partial charge in [0.2, 0.25) is 0 Å². The molecule has 1 aromatic rings. The Balaban J connectivity index is 2.09. The molecule has 19 heavy (non-hydrogen) atoms. The molecule has 0 radical (unpaired) electrons. The minimum Gasteiger partial charge on any atom is -0.490 e. The van der Waals surface area contributed by atoms with Gasteiger partial charge in [0.15, 0.2) is 0 Å². The summed E-state index contributed by atoms with van der Waals surface area (Å²) in [5.41, 5.74) is 1.29. The van der Waals surface area contributed by atoms with Crippen molar-refractivity contribution in [3.8, 4) is 5.75 Å². The average Bonchev–Trinajstić information content (AvgIpc) is 2.40. The van der Waals surface area contributed by atoms with E-state index < -0.39 is 0 Å². The number of thioether (sulfide) groups is 1. The lowest BCUT2D eigenvalue weighted by atomic mass is 9.94. The second-order valence-corrected chi connectivity index (χ2v) is 6.80. The third-order valence-corrected chi connectivity index (χ3v) is 4.65. The van der Waals surface area contributed by atoms with Crippen LogP contribution in [0.25, 0.3) is 0 Å². The minimum atomic E-state index is 0.352. The summed E-state index contributed by atoms with van der Waals surface area (Å²) in [6.45, 7) is 3.16. The summed E-state index contributed by atoms with van der Waals surface area (Å²) in [6.07, 6.45) is 5.97. The Labute approximate surface area is 128 Å². The first-order valence-electron chi connectivity index (χ1n) is 6.93. The van der Waals surface area contributed by atoms with Crippen LogP contribution in [0, 0.1) is 0 Å². The summed E-state index contributed by atoms with van der Waals surface area (Å²) in [5.74, 6) is 2.27. The highest BCUT2D eigenvalue weighted by Gasteiger charge is 2.27. The monoisotopic (exact) mass is 343 g/mol. The molecule has 0 saturated carbocycles. The Morgan fingerprint density at radius 2 is 2.32 bits per heavy atom. The van der Waals surface area contributed by atoms with Gasteiger partial charge in [-0.2, -0.15) is 11.8 Å². The van der Waals surface area contributed by atoms with E-state index in [1.54, 1.807) is 0 Å². The van der Waals surface area contributed by atoms with Crippen LogP contribution < -0.4 is 10.1 Å². The molecule has 4 heteroatoms. The largest absolute Gasteiger partial charge is 0.490 e. The van der Waals surface area contributed by atoms with E-state index >= 15 is 0 Å². The van der Waals surface area contributed by atoms with Gasteiger partial charge < -0.3 is 10.1 Å². The molecule has 0 fully saturated rings. The van der Waals surface area contributed by atoms with Crippen molar-refractivity contribution in [3.63, 3.8) is 0 Å². The Hall–Kier alpha value is -0.190. The van der Waals surface area contributed by atoms with E-state index in [9.17, 15) is 0 Å². The van der Waals surface area contributed by atoms with Crippen LogP contribution in [0.3, 0.4) is 0 Å². The SMILES string of the molecule is CCNC1CC(CCCSC)Oc2ccc(Br)cc21. The molecule has 2 atom stereocenters. The number of fused-ring (bicyclic) bond motifs is 1. The number of rotatable bonds is 6. The quantitative estimate of drug-likeness (QED) is 0.773. The molecule has 0 spiro atoms. The highest BCUT2D eigenvalue weighted by molar-refractivity contribution is 9.10. The van der Waals surface area contributed by atoms with Crippen molar-refractivity contribution in [1.82, 2.24) is 5.32 Å². The molecule has 2 unspecified atom stereocenters. The van der Waals surface area contributed by atoms with E-state index in [0.717, 1.165) is 29.6 Å². The Kier molecular flexibility index (Phi) is 6.05. The van der Waals surface area contributed by atoms with Gasteiger partial charge in [0.05, 0.1) is 0 Å². The lowest BCUT2D eigenvalue weighted by Crippen LogP contribution is -2.33. The Morgan fingerprint density at radius 3 is 3.05 bits per heavy atom. The first-order chi connectivity index (χ1) is 9.24. The number of hydrogen-bond donors (Lipinski definition) is 1. The maximum absolute atomic E-state index is 6.14. The van der Waals surface area contributed by atoms with E-state index in [1.807, 2.05) is 11.8 Å². The maximum atomic E-state index is 6.14. The molecule has 2 rings (SSSR count). The van der Waals surface area contributed by atoms with Gasteiger partial charge in [-0.15, -0.1) is 0 Å². The van der Waals surface area contributed by atoms with Crippen molar-refractivity contribution in [2.24, 2.45) is 0 Å². The van der Waals surface area contributed by atoms with E-state index in [4.69, 9.17) is 4.74 Å². The summed E-state index contributed by atoms with van der Waals surface area (Å²) >= 11 is 5.46. The zero-order valence-corrected chi connectivity index (χ0v) is 14.0. The molecule has 0 aromatic heterocycles. The molecule has 0 amide bonds. The van der Waals surface area contributed by atoms with Gasteiger partial charge in [0.25, 0.3) is 0 Å². The second kappa shape index (κ2) is 7.55. The summed E-state index contributed by atoms with van der Waals surface area (Å²) in [5, 5.41) is 3.58. The van der Waals surface area contributed by atoms with E-state index in [-0.39, 0.29) is 0 Å². The molecule has 1 heterocycles. The molecular formula is C15H22BrNOS. The molecule has 2 nitrogen and oxygen atoms in total. The smallest absolute Gasteiger partial charge is 0.124 e. The Bertz CT molecular complexity index is 413. The minimum absolute atomic E-state index is 0.352. The van der Waals surface area contributed by atoms with Gasteiger partial charge in [-0.25, -0.2) is 0 Å². The van der Waals surface area contributed by atoms with Crippen molar-refractivity contribution in [2.45, 2.75) is 38.3 Å². The summed E-state index contributed by atoms with van der Waals surface area (Å²) in [6, 6.07) is 6.75. The summed E-state index contributed by atoms with van der Waals surface area (Å²) < 4.78 is 7.26. The fourth-order valence-corrected chi connectivity index (χ4v) is 3.42.